The molecule has 0 amide bonds. The Morgan fingerprint density at radius 2 is 1.56 bits per heavy atom. The van der Waals surface area contributed by atoms with Crippen LogP contribution >= 0.6 is 0 Å². The molecule has 0 bridgehead atoms. The number of rotatable bonds is 4. The maximum atomic E-state index is 13.8. The molecule has 2 aromatic carbocycles. The summed E-state index contributed by atoms with van der Waals surface area (Å²) in [6.45, 7) is 4.15. The number of aromatic nitrogens is 1. The summed E-state index contributed by atoms with van der Waals surface area (Å²) in [5.74, 6) is 0.822. The van der Waals surface area contributed by atoms with Gasteiger partial charge in [0, 0.05) is 55.1 Å². The molecule has 7 rings (SSSR count). The number of nitrogens with one attached hydrogen (secondary N) is 1. The Morgan fingerprint density at radius 1 is 0.861 bits per heavy atom. The van der Waals surface area contributed by atoms with E-state index in [1.54, 1.807) is 0 Å². The van der Waals surface area contributed by atoms with Gasteiger partial charge in [0.2, 0.25) is 0 Å². The average molecular weight is 485 g/mol. The third-order valence-electron chi connectivity index (χ3n) is 9.09. The van der Waals surface area contributed by atoms with E-state index in [1.165, 1.54) is 51.4 Å². The summed E-state index contributed by atoms with van der Waals surface area (Å²) in [7, 11) is 0. The number of nitrogens with zero attached hydrogens (tertiary/aromatic N) is 3. The number of hydrogen-bond acceptors (Lipinski definition) is 6. The molecule has 1 aromatic heterocycles. The van der Waals surface area contributed by atoms with Gasteiger partial charge in [0.15, 0.2) is 11.5 Å². The van der Waals surface area contributed by atoms with Gasteiger partial charge >= 0.3 is 0 Å². The van der Waals surface area contributed by atoms with Crippen LogP contribution < -0.4 is 10.2 Å². The molecule has 36 heavy (non-hydrogen) atoms. The van der Waals surface area contributed by atoms with Crippen LogP contribution in [-0.2, 0) is 0 Å². The Balaban J connectivity index is 1.28. The van der Waals surface area contributed by atoms with Gasteiger partial charge in [0.25, 0.3) is 0 Å². The van der Waals surface area contributed by atoms with E-state index in [0.717, 1.165) is 84.2 Å². The van der Waals surface area contributed by atoms with E-state index in [0.29, 0.717) is 11.6 Å². The van der Waals surface area contributed by atoms with Crippen molar-refractivity contribution < 1.29 is 9.32 Å². The predicted molar refractivity (Wildman–Crippen MR) is 144 cm³/mol. The van der Waals surface area contributed by atoms with Crippen LogP contribution in [0.15, 0.2) is 34.9 Å². The molecule has 0 unspecified atom stereocenters. The van der Waals surface area contributed by atoms with Crippen molar-refractivity contribution in [3.05, 3.63) is 41.5 Å². The fraction of sp³-hybridized carbons (Fsp3) is 0.533. The van der Waals surface area contributed by atoms with E-state index in [1.807, 2.05) is 24.3 Å². The normalized spacial score (nSPS) is 21.7. The molecule has 1 N–H and O–H groups in total. The maximum absolute atomic E-state index is 13.8. The number of hydrogen-bond donors (Lipinski definition) is 1. The molecular formula is C30H36N4O2. The van der Waals surface area contributed by atoms with Crippen LogP contribution in [0.2, 0.25) is 0 Å². The second kappa shape index (κ2) is 9.22. The van der Waals surface area contributed by atoms with Crippen LogP contribution in [0.25, 0.3) is 22.2 Å². The monoisotopic (exact) mass is 484 g/mol. The lowest BCUT2D eigenvalue weighted by Crippen LogP contribution is -2.51. The molecule has 6 heteroatoms. The summed E-state index contributed by atoms with van der Waals surface area (Å²) >= 11 is 0. The van der Waals surface area contributed by atoms with Crippen molar-refractivity contribution in [3.8, 4) is 11.3 Å². The zero-order chi connectivity index (χ0) is 24.1. The van der Waals surface area contributed by atoms with Crippen molar-refractivity contribution in [1.82, 2.24) is 10.1 Å². The molecule has 3 aliphatic carbocycles. The minimum Gasteiger partial charge on any atom is -0.382 e. The van der Waals surface area contributed by atoms with Gasteiger partial charge in [-0.3, -0.25) is 9.69 Å². The molecule has 4 aliphatic rings. The molecule has 2 heterocycles. The van der Waals surface area contributed by atoms with Crippen LogP contribution in [0.3, 0.4) is 0 Å². The SMILES string of the molecule is O=C1c2ccccc2-c2onc3c(N4CCN(C5CCCCC5)CC4)cc(NC4CCCCC4)c1c23. The third-order valence-corrected chi connectivity index (χ3v) is 9.09. The zero-order valence-electron chi connectivity index (χ0n) is 21.1. The highest BCUT2D eigenvalue weighted by Crippen LogP contribution is 2.46. The smallest absolute Gasteiger partial charge is 0.196 e. The highest BCUT2D eigenvalue weighted by Gasteiger charge is 2.35. The van der Waals surface area contributed by atoms with Gasteiger partial charge in [0.1, 0.15) is 5.52 Å². The standard InChI is InChI=1S/C30H36N4O2/c35-29-22-13-7-8-14-23(22)30-27-26(29)24(31-20-9-3-1-4-10-20)19-25(28(27)32-36-30)34-17-15-33(16-18-34)21-11-5-2-6-12-21/h7-8,13-14,19-21,31H,1-6,9-12,15-18H2. The minimum absolute atomic E-state index is 0.0817. The van der Waals surface area contributed by atoms with E-state index >= 15 is 0 Å². The number of anilines is 2. The second-order valence-electron chi connectivity index (χ2n) is 11.2. The lowest BCUT2D eigenvalue weighted by atomic mass is 9.85. The number of carbonyl (C=O) groups excluding carboxylic acids is 1. The quantitative estimate of drug-likeness (QED) is 0.370. The van der Waals surface area contributed by atoms with E-state index in [4.69, 9.17) is 4.52 Å². The van der Waals surface area contributed by atoms with Gasteiger partial charge in [-0.2, -0.15) is 0 Å². The van der Waals surface area contributed by atoms with Crippen LogP contribution in [0.1, 0.15) is 80.1 Å². The molecule has 3 fully saturated rings. The summed E-state index contributed by atoms with van der Waals surface area (Å²) in [6.07, 6.45) is 13.0. The third kappa shape index (κ3) is 3.73. The first-order chi connectivity index (χ1) is 17.8. The van der Waals surface area contributed by atoms with Crippen LogP contribution in [0, 0.1) is 0 Å². The topological polar surface area (TPSA) is 61.6 Å². The van der Waals surface area contributed by atoms with Gasteiger partial charge in [-0.15, -0.1) is 0 Å². The number of benzene rings is 2. The molecule has 0 atom stereocenters. The molecule has 6 nitrogen and oxygen atoms in total. The van der Waals surface area contributed by atoms with E-state index in [9.17, 15) is 4.79 Å². The lowest BCUT2D eigenvalue weighted by Gasteiger charge is -2.41. The molecule has 2 saturated carbocycles. The molecular weight excluding hydrogens is 448 g/mol. The summed E-state index contributed by atoms with van der Waals surface area (Å²) < 4.78 is 6.00. The van der Waals surface area contributed by atoms with Crippen LogP contribution in [0.4, 0.5) is 11.4 Å². The maximum Gasteiger partial charge on any atom is 0.196 e. The summed E-state index contributed by atoms with van der Waals surface area (Å²) in [4.78, 5) is 19.0. The van der Waals surface area contributed by atoms with Gasteiger partial charge in [-0.1, -0.05) is 67.9 Å². The molecule has 0 spiro atoms. The Kier molecular flexibility index (Phi) is 5.72. The number of carbonyl (C=O) groups is 1. The first-order valence-electron chi connectivity index (χ1n) is 14.1. The molecule has 1 saturated heterocycles. The summed E-state index contributed by atoms with van der Waals surface area (Å²) in [6, 6.07) is 11.2. The summed E-state index contributed by atoms with van der Waals surface area (Å²) in [5, 5.41) is 9.30. The molecule has 0 radical (unpaired) electrons. The largest absolute Gasteiger partial charge is 0.382 e. The highest BCUT2D eigenvalue weighted by molar-refractivity contribution is 6.28. The van der Waals surface area contributed by atoms with E-state index < -0.39 is 0 Å². The Bertz CT molecular complexity index is 1280. The van der Waals surface area contributed by atoms with Crippen molar-refractivity contribution in [1.29, 1.82) is 0 Å². The van der Waals surface area contributed by atoms with Crippen molar-refractivity contribution in [2.75, 3.05) is 36.4 Å². The molecule has 3 aromatic rings. The number of piperazine rings is 1. The van der Waals surface area contributed by atoms with Crippen molar-refractivity contribution in [2.45, 2.75) is 76.3 Å². The fourth-order valence-electron chi connectivity index (χ4n) is 7.14. The zero-order valence-corrected chi connectivity index (χ0v) is 21.1. The van der Waals surface area contributed by atoms with Gasteiger partial charge in [-0.25, -0.2) is 0 Å². The Hall–Kier alpha value is -2.86. The van der Waals surface area contributed by atoms with Crippen molar-refractivity contribution in [2.24, 2.45) is 0 Å². The van der Waals surface area contributed by atoms with Gasteiger partial charge in [0.05, 0.1) is 16.6 Å². The minimum atomic E-state index is 0.0817. The van der Waals surface area contributed by atoms with E-state index in [-0.39, 0.29) is 5.78 Å². The number of fused-ring (bicyclic) bond motifs is 2. The Morgan fingerprint density at radius 3 is 2.31 bits per heavy atom. The van der Waals surface area contributed by atoms with Gasteiger partial charge < -0.3 is 14.7 Å². The fourth-order valence-corrected chi connectivity index (χ4v) is 7.14. The Labute approximate surface area is 213 Å². The second-order valence-corrected chi connectivity index (χ2v) is 11.2. The lowest BCUT2D eigenvalue weighted by molar-refractivity contribution is 0.104. The number of ketones is 1. The van der Waals surface area contributed by atoms with Crippen LogP contribution in [0.5, 0.6) is 0 Å². The molecule has 1 aliphatic heterocycles. The van der Waals surface area contributed by atoms with Crippen molar-refractivity contribution >= 4 is 28.1 Å². The highest BCUT2D eigenvalue weighted by atomic mass is 16.5. The van der Waals surface area contributed by atoms with E-state index in [2.05, 4.69) is 26.3 Å². The van der Waals surface area contributed by atoms with Crippen LogP contribution in [-0.4, -0.2) is 54.1 Å². The first kappa shape index (κ1) is 22.3. The molecule has 188 valence electrons. The summed E-state index contributed by atoms with van der Waals surface area (Å²) in [5.41, 5.74) is 5.22. The van der Waals surface area contributed by atoms with Gasteiger partial charge in [-0.05, 0) is 31.7 Å². The van der Waals surface area contributed by atoms with Crippen molar-refractivity contribution in [3.63, 3.8) is 0 Å². The predicted octanol–water partition coefficient (Wildman–Crippen LogP) is 6.24. The first-order valence-corrected chi connectivity index (χ1v) is 14.1. The average Bonchev–Trinajstić information content (AvgIpc) is 3.38.